The Labute approximate surface area is 220 Å². The van der Waals surface area contributed by atoms with Crippen LogP contribution in [0.15, 0.2) is 53.6 Å². The number of aromatic nitrogens is 1. The molecule has 1 unspecified atom stereocenters. The number of fused-ring (bicyclic) bond motifs is 1. The number of likely N-dealkylation sites (N-methyl/N-ethyl adjacent to an activating group) is 1. The zero-order valence-electron chi connectivity index (χ0n) is 20.6. The number of H-pyrrole nitrogens is 1. The fraction of sp³-hybridized carbons (Fsp3) is 0.360. The lowest BCUT2D eigenvalue weighted by molar-refractivity contribution is -0.134. The van der Waals surface area contributed by atoms with Crippen molar-refractivity contribution in [2.24, 2.45) is 0 Å². The van der Waals surface area contributed by atoms with Gasteiger partial charge in [0.05, 0.1) is 19.3 Å². The number of ether oxygens (including phenoxy) is 1. The zero-order valence-corrected chi connectivity index (χ0v) is 22.2. The molecule has 0 aliphatic carbocycles. The highest BCUT2D eigenvalue weighted by Gasteiger charge is 2.33. The number of methoxy groups -OCH3 is 1. The fourth-order valence-electron chi connectivity index (χ4n) is 4.23. The number of hydrogen-bond donors (Lipinski definition) is 3. The average molecular weight is 548 g/mol. The van der Waals surface area contributed by atoms with Gasteiger partial charge in [0.1, 0.15) is 10.9 Å². The molecule has 3 N–H and O–H groups in total. The number of amides is 1. The molecular formula is C25H30ClN5O5S. The van der Waals surface area contributed by atoms with E-state index in [1.54, 1.807) is 35.0 Å². The standard InChI is InChI=1S/C25H30ClN5O5S/c1-29(14-21(16-32)36-2)25(27)18-5-3-17(4-6-18)13-30-9-10-31(15-24(30)33)37(34,35)23-12-19-11-20(26)7-8-22(19)28-23/h3-8,11-12,21,27-28,32H,9-10,13-16H2,1-2H3. The van der Waals surface area contributed by atoms with Gasteiger partial charge in [0.15, 0.2) is 0 Å². The number of piperazine rings is 1. The number of nitrogens with zero attached hydrogens (tertiary/aromatic N) is 3. The highest BCUT2D eigenvalue weighted by Crippen LogP contribution is 2.25. The van der Waals surface area contributed by atoms with Crippen LogP contribution < -0.4 is 0 Å². The third-order valence-corrected chi connectivity index (χ3v) is 8.46. The van der Waals surface area contributed by atoms with E-state index < -0.39 is 10.0 Å². The first-order chi connectivity index (χ1) is 17.6. The summed E-state index contributed by atoms with van der Waals surface area (Å²) in [6.07, 6.45) is -0.382. The Morgan fingerprint density at radius 3 is 2.59 bits per heavy atom. The van der Waals surface area contributed by atoms with Crippen LogP contribution in [-0.4, -0.2) is 97.4 Å². The second kappa shape index (κ2) is 11.2. The van der Waals surface area contributed by atoms with Crippen LogP contribution in [0.3, 0.4) is 0 Å². The third kappa shape index (κ3) is 5.97. The van der Waals surface area contributed by atoms with E-state index in [1.165, 1.54) is 17.5 Å². The maximum absolute atomic E-state index is 13.2. The van der Waals surface area contributed by atoms with E-state index in [9.17, 15) is 18.3 Å². The Morgan fingerprint density at radius 2 is 1.95 bits per heavy atom. The molecule has 1 fully saturated rings. The maximum atomic E-state index is 13.2. The molecule has 1 saturated heterocycles. The minimum atomic E-state index is -3.87. The summed E-state index contributed by atoms with van der Waals surface area (Å²) in [5.74, 6) is 0.0105. The average Bonchev–Trinajstić information content (AvgIpc) is 3.32. The molecule has 10 nitrogen and oxygen atoms in total. The van der Waals surface area contributed by atoms with Crippen LogP contribution in [0.25, 0.3) is 10.9 Å². The van der Waals surface area contributed by atoms with Crippen molar-refractivity contribution in [3.8, 4) is 0 Å². The van der Waals surface area contributed by atoms with Gasteiger partial charge in [-0.25, -0.2) is 8.42 Å². The van der Waals surface area contributed by atoms with Crippen molar-refractivity contribution in [1.29, 1.82) is 5.41 Å². The highest BCUT2D eigenvalue weighted by molar-refractivity contribution is 7.89. The van der Waals surface area contributed by atoms with Crippen molar-refractivity contribution in [1.82, 2.24) is 19.1 Å². The van der Waals surface area contributed by atoms with Gasteiger partial charge in [0.25, 0.3) is 10.0 Å². The van der Waals surface area contributed by atoms with Crippen molar-refractivity contribution >= 4 is 44.3 Å². The largest absolute Gasteiger partial charge is 0.394 e. The van der Waals surface area contributed by atoms with Crippen LogP contribution >= 0.6 is 11.6 Å². The van der Waals surface area contributed by atoms with Crippen molar-refractivity contribution in [2.45, 2.75) is 17.7 Å². The number of halogens is 1. The van der Waals surface area contributed by atoms with Gasteiger partial charge in [-0.05, 0) is 29.8 Å². The van der Waals surface area contributed by atoms with E-state index in [0.29, 0.717) is 34.6 Å². The number of carbonyl (C=O) groups is 1. The number of sulfonamides is 1. The van der Waals surface area contributed by atoms with E-state index in [1.807, 2.05) is 24.3 Å². The fourth-order valence-corrected chi connectivity index (χ4v) is 5.80. The van der Waals surface area contributed by atoms with E-state index in [4.69, 9.17) is 21.7 Å². The summed E-state index contributed by atoms with van der Waals surface area (Å²) in [6, 6.07) is 13.9. The molecule has 12 heteroatoms. The molecule has 4 rings (SSSR count). The highest BCUT2D eigenvalue weighted by atomic mass is 35.5. The van der Waals surface area contributed by atoms with Gasteiger partial charge in [-0.1, -0.05) is 35.9 Å². The summed E-state index contributed by atoms with van der Waals surface area (Å²) in [4.78, 5) is 19.1. The molecule has 0 saturated carbocycles. The second-order valence-corrected chi connectivity index (χ2v) is 11.3. The van der Waals surface area contributed by atoms with E-state index in [-0.39, 0.29) is 49.1 Å². The number of rotatable bonds is 9. The minimum absolute atomic E-state index is 0.0323. The van der Waals surface area contributed by atoms with Gasteiger partial charge >= 0.3 is 0 Å². The zero-order chi connectivity index (χ0) is 26.7. The topological polar surface area (TPSA) is 130 Å². The molecule has 2 aromatic carbocycles. The van der Waals surface area contributed by atoms with Crippen molar-refractivity contribution in [3.63, 3.8) is 0 Å². The van der Waals surface area contributed by atoms with Crippen molar-refractivity contribution < 1.29 is 23.1 Å². The van der Waals surface area contributed by atoms with Gasteiger partial charge in [-0.15, -0.1) is 0 Å². The quantitative estimate of drug-likeness (QED) is 0.278. The first kappa shape index (κ1) is 27.1. The molecule has 1 amide bonds. The molecule has 2 heterocycles. The maximum Gasteiger partial charge on any atom is 0.259 e. The number of benzene rings is 2. The molecule has 0 spiro atoms. The summed E-state index contributed by atoms with van der Waals surface area (Å²) >= 11 is 6.01. The molecule has 1 atom stereocenters. The van der Waals surface area contributed by atoms with E-state index in [2.05, 4.69) is 4.98 Å². The van der Waals surface area contributed by atoms with E-state index in [0.717, 1.165) is 5.56 Å². The number of aliphatic hydroxyl groups is 1. The molecule has 198 valence electrons. The third-order valence-electron chi connectivity index (χ3n) is 6.46. The molecule has 37 heavy (non-hydrogen) atoms. The molecule has 0 radical (unpaired) electrons. The Hall–Kier alpha value is -2.96. The van der Waals surface area contributed by atoms with Crippen LogP contribution in [0, 0.1) is 5.41 Å². The van der Waals surface area contributed by atoms with Gasteiger partial charge in [-0.3, -0.25) is 10.2 Å². The monoisotopic (exact) mass is 547 g/mol. The summed E-state index contributed by atoms with van der Waals surface area (Å²) in [5, 5.41) is 18.9. The van der Waals surface area contributed by atoms with Gasteiger partial charge < -0.3 is 24.6 Å². The van der Waals surface area contributed by atoms with Gasteiger partial charge in [0, 0.05) is 61.8 Å². The first-order valence-electron chi connectivity index (χ1n) is 11.7. The molecule has 1 aliphatic heterocycles. The van der Waals surface area contributed by atoms with Crippen LogP contribution in [-0.2, 0) is 26.1 Å². The smallest absolute Gasteiger partial charge is 0.259 e. The number of aliphatic hydroxyl groups excluding tert-OH is 1. The normalized spacial score (nSPS) is 15.8. The lowest BCUT2D eigenvalue weighted by Gasteiger charge is -2.33. The Kier molecular flexibility index (Phi) is 8.20. The lowest BCUT2D eigenvalue weighted by Crippen LogP contribution is -2.51. The van der Waals surface area contributed by atoms with Gasteiger partial charge in [0.2, 0.25) is 5.91 Å². The number of aromatic amines is 1. The molecule has 1 aromatic heterocycles. The molecule has 3 aromatic rings. The summed E-state index contributed by atoms with van der Waals surface area (Å²) in [6.45, 7) is 0.801. The Bertz CT molecular complexity index is 1390. The number of carbonyl (C=O) groups excluding carboxylic acids is 1. The number of amidine groups is 1. The predicted octanol–water partition coefficient (Wildman–Crippen LogP) is 2.12. The molecule has 0 bridgehead atoms. The molecular weight excluding hydrogens is 518 g/mol. The van der Waals surface area contributed by atoms with Crippen LogP contribution in [0.2, 0.25) is 5.02 Å². The van der Waals surface area contributed by atoms with Crippen molar-refractivity contribution in [2.75, 3.05) is 46.9 Å². The second-order valence-electron chi connectivity index (χ2n) is 8.99. The summed E-state index contributed by atoms with van der Waals surface area (Å²) in [7, 11) is -0.593. The summed E-state index contributed by atoms with van der Waals surface area (Å²) < 4.78 is 32.7. The molecule has 1 aliphatic rings. The van der Waals surface area contributed by atoms with Crippen LogP contribution in [0.4, 0.5) is 0 Å². The minimum Gasteiger partial charge on any atom is -0.394 e. The van der Waals surface area contributed by atoms with E-state index >= 15 is 0 Å². The van der Waals surface area contributed by atoms with Crippen LogP contribution in [0.5, 0.6) is 0 Å². The first-order valence-corrected chi connectivity index (χ1v) is 13.5. The van der Waals surface area contributed by atoms with Crippen LogP contribution in [0.1, 0.15) is 11.1 Å². The Balaban J connectivity index is 1.37. The lowest BCUT2D eigenvalue weighted by atomic mass is 10.1. The van der Waals surface area contributed by atoms with Crippen molar-refractivity contribution in [3.05, 3.63) is 64.7 Å². The van der Waals surface area contributed by atoms with Gasteiger partial charge in [-0.2, -0.15) is 4.31 Å². The summed E-state index contributed by atoms with van der Waals surface area (Å²) in [5.41, 5.74) is 2.23. The SMILES string of the molecule is COC(CO)CN(C)C(=N)c1ccc(CN2CCN(S(=O)(=O)c3cc4cc(Cl)ccc4[nH]3)CC2=O)cc1. The number of nitrogens with one attached hydrogen (secondary N) is 2. The predicted molar refractivity (Wildman–Crippen MR) is 141 cm³/mol. The Morgan fingerprint density at radius 1 is 1.22 bits per heavy atom. The number of hydrogen-bond acceptors (Lipinski definition) is 6.